The normalized spacial score (nSPS) is 51.0. The Balaban J connectivity index is 2.29. The molecule has 0 radical (unpaired) electrons. The van der Waals surface area contributed by atoms with Crippen molar-refractivity contribution in [3.05, 3.63) is 0 Å². The van der Waals surface area contributed by atoms with Crippen LogP contribution in [0, 0.1) is 5.92 Å². The van der Waals surface area contributed by atoms with Crippen LogP contribution >= 0.6 is 15.9 Å². The van der Waals surface area contributed by atoms with Crippen molar-refractivity contribution in [3.63, 3.8) is 0 Å². The molecule has 3 atom stereocenters. The van der Waals surface area contributed by atoms with Gasteiger partial charge in [0, 0.05) is 10.9 Å². The standard InChI is InChI=1S/C5H10BrN/c1-3-2-4(6)5(3)7/h3-5H,2,7H2,1H3/t3?,4?,5-/m0/s1. The minimum absolute atomic E-state index is 0.417. The molecular weight excluding hydrogens is 154 g/mol. The Hall–Kier alpha value is 0.440. The fraction of sp³-hybridized carbons (Fsp3) is 1.00. The van der Waals surface area contributed by atoms with Crippen molar-refractivity contribution in [2.45, 2.75) is 24.2 Å². The summed E-state index contributed by atoms with van der Waals surface area (Å²) >= 11 is 3.44. The van der Waals surface area contributed by atoms with Crippen molar-refractivity contribution < 1.29 is 0 Å². The van der Waals surface area contributed by atoms with Crippen LogP contribution in [0.1, 0.15) is 13.3 Å². The zero-order valence-electron chi connectivity index (χ0n) is 4.39. The number of hydrogen-bond donors (Lipinski definition) is 1. The molecule has 1 nitrogen and oxygen atoms in total. The maximum absolute atomic E-state index is 5.62. The quantitative estimate of drug-likeness (QED) is 0.533. The van der Waals surface area contributed by atoms with Gasteiger partial charge in [-0.2, -0.15) is 0 Å². The smallest absolute Gasteiger partial charge is 0.0302 e. The fourth-order valence-electron chi connectivity index (χ4n) is 0.830. The number of hydrogen-bond acceptors (Lipinski definition) is 1. The summed E-state index contributed by atoms with van der Waals surface area (Å²) in [6.45, 7) is 2.18. The average molecular weight is 164 g/mol. The van der Waals surface area contributed by atoms with E-state index in [0.29, 0.717) is 10.9 Å². The first-order valence-corrected chi connectivity index (χ1v) is 3.53. The lowest BCUT2D eigenvalue weighted by Crippen LogP contribution is -2.47. The average Bonchev–Trinajstić information content (AvgIpc) is 1.68. The van der Waals surface area contributed by atoms with Crippen molar-refractivity contribution in [2.75, 3.05) is 0 Å². The summed E-state index contributed by atoms with van der Waals surface area (Å²) in [6.07, 6.45) is 1.25. The van der Waals surface area contributed by atoms with E-state index in [9.17, 15) is 0 Å². The predicted molar refractivity (Wildman–Crippen MR) is 34.5 cm³/mol. The summed E-state index contributed by atoms with van der Waals surface area (Å²) < 4.78 is 0. The SMILES string of the molecule is CC1CC(Br)[C@H]1N. The second kappa shape index (κ2) is 1.75. The summed E-state index contributed by atoms with van der Waals surface area (Å²) in [6, 6.07) is 0.417. The molecule has 7 heavy (non-hydrogen) atoms. The Morgan fingerprint density at radius 1 is 1.71 bits per heavy atom. The first-order chi connectivity index (χ1) is 3.22. The van der Waals surface area contributed by atoms with E-state index in [1.807, 2.05) is 0 Å². The van der Waals surface area contributed by atoms with Crippen LogP contribution in [0.15, 0.2) is 0 Å². The van der Waals surface area contributed by atoms with Crippen molar-refractivity contribution in [2.24, 2.45) is 11.7 Å². The molecule has 1 aliphatic carbocycles. The van der Waals surface area contributed by atoms with Crippen LogP contribution in [-0.2, 0) is 0 Å². The predicted octanol–water partition coefficient (Wildman–Crippen LogP) is 1.12. The van der Waals surface area contributed by atoms with Gasteiger partial charge < -0.3 is 5.73 Å². The van der Waals surface area contributed by atoms with E-state index >= 15 is 0 Å². The van der Waals surface area contributed by atoms with Gasteiger partial charge in [0.25, 0.3) is 0 Å². The van der Waals surface area contributed by atoms with Gasteiger partial charge in [-0.3, -0.25) is 0 Å². The van der Waals surface area contributed by atoms with Gasteiger partial charge in [-0.15, -0.1) is 0 Å². The van der Waals surface area contributed by atoms with E-state index in [1.54, 1.807) is 0 Å². The molecule has 0 spiro atoms. The van der Waals surface area contributed by atoms with Crippen LogP contribution in [0.25, 0.3) is 0 Å². The van der Waals surface area contributed by atoms with Gasteiger partial charge in [0.1, 0.15) is 0 Å². The third-order valence-electron chi connectivity index (χ3n) is 1.67. The highest BCUT2D eigenvalue weighted by Crippen LogP contribution is 2.31. The molecular formula is C5H10BrN. The van der Waals surface area contributed by atoms with Crippen LogP contribution < -0.4 is 5.73 Å². The molecule has 0 bridgehead atoms. The monoisotopic (exact) mass is 163 g/mol. The molecule has 0 saturated heterocycles. The number of nitrogens with two attached hydrogens (primary N) is 1. The lowest BCUT2D eigenvalue weighted by Gasteiger charge is -2.36. The highest BCUT2D eigenvalue weighted by atomic mass is 79.9. The molecule has 2 N–H and O–H groups in total. The zero-order chi connectivity index (χ0) is 5.44. The zero-order valence-corrected chi connectivity index (χ0v) is 5.98. The van der Waals surface area contributed by atoms with Crippen LogP contribution in [0.5, 0.6) is 0 Å². The largest absolute Gasteiger partial charge is 0.326 e. The summed E-state index contributed by atoms with van der Waals surface area (Å²) in [5, 5.41) is 0. The van der Waals surface area contributed by atoms with Gasteiger partial charge in [-0.1, -0.05) is 22.9 Å². The molecule has 2 heteroatoms. The maximum Gasteiger partial charge on any atom is 0.0302 e. The van der Waals surface area contributed by atoms with E-state index in [-0.39, 0.29) is 0 Å². The Morgan fingerprint density at radius 3 is 2.29 bits per heavy atom. The molecule has 1 aliphatic rings. The number of rotatable bonds is 0. The Kier molecular flexibility index (Phi) is 1.39. The minimum atomic E-state index is 0.417. The summed E-state index contributed by atoms with van der Waals surface area (Å²) in [4.78, 5) is 0.600. The highest BCUT2D eigenvalue weighted by molar-refractivity contribution is 9.09. The van der Waals surface area contributed by atoms with E-state index in [1.165, 1.54) is 6.42 Å². The van der Waals surface area contributed by atoms with Crippen molar-refractivity contribution in [1.29, 1.82) is 0 Å². The van der Waals surface area contributed by atoms with Crippen molar-refractivity contribution >= 4 is 15.9 Å². The van der Waals surface area contributed by atoms with E-state index in [4.69, 9.17) is 5.73 Å². The summed E-state index contributed by atoms with van der Waals surface area (Å²) in [5.74, 6) is 0.740. The Morgan fingerprint density at radius 2 is 2.29 bits per heavy atom. The summed E-state index contributed by atoms with van der Waals surface area (Å²) in [7, 11) is 0. The Bertz CT molecular complexity index is 66.5. The molecule has 0 aromatic carbocycles. The molecule has 2 unspecified atom stereocenters. The van der Waals surface area contributed by atoms with E-state index < -0.39 is 0 Å². The third kappa shape index (κ3) is 0.820. The Labute approximate surface area is 52.4 Å². The second-order valence-electron chi connectivity index (χ2n) is 2.31. The second-order valence-corrected chi connectivity index (χ2v) is 3.48. The molecule has 0 aromatic heterocycles. The minimum Gasteiger partial charge on any atom is -0.326 e. The molecule has 0 heterocycles. The van der Waals surface area contributed by atoms with E-state index in [0.717, 1.165) is 5.92 Å². The maximum atomic E-state index is 5.62. The van der Waals surface area contributed by atoms with Gasteiger partial charge >= 0.3 is 0 Å². The first kappa shape index (κ1) is 5.57. The third-order valence-corrected chi connectivity index (χ3v) is 2.66. The molecule has 1 saturated carbocycles. The van der Waals surface area contributed by atoms with Crippen molar-refractivity contribution in [1.82, 2.24) is 0 Å². The summed E-state index contributed by atoms with van der Waals surface area (Å²) in [5.41, 5.74) is 5.62. The number of alkyl halides is 1. The molecule has 0 amide bonds. The molecule has 1 rings (SSSR count). The van der Waals surface area contributed by atoms with Crippen LogP contribution in [0.4, 0.5) is 0 Å². The molecule has 0 aromatic rings. The van der Waals surface area contributed by atoms with Crippen LogP contribution in [0.2, 0.25) is 0 Å². The van der Waals surface area contributed by atoms with E-state index in [2.05, 4.69) is 22.9 Å². The van der Waals surface area contributed by atoms with Gasteiger partial charge in [-0.05, 0) is 12.3 Å². The van der Waals surface area contributed by atoms with Crippen molar-refractivity contribution in [3.8, 4) is 0 Å². The molecule has 1 fully saturated rings. The van der Waals surface area contributed by atoms with Gasteiger partial charge in [0.15, 0.2) is 0 Å². The lowest BCUT2D eigenvalue weighted by atomic mass is 9.82. The van der Waals surface area contributed by atoms with Gasteiger partial charge in [0.05, 0.1) is 0 Å². The van der Waals surface area contributed by atoms with Crippen LogP contribution in [0.3, 0.4) is 0 Å². The number of halogens is 1. The lowest BCUT2D eigenvalue weighted by molar-refractivity contribution is 0.300. The topological polar surface area (TPSA) is 26.0 Å². The highest BCUT2D eigenvalue weighted by Gasteiger charge is 2.32. The van der Waals surface area contributed by atoms with Crippen LogP contribution in [-0.4, -0.2) is 10.9 Å². The first-order valence-electron chi connectivity index (χ1n) is 2.61. The molecule has 42 valence electrons. The molecule has 0 aliphatic heterocycles. The van der Waals surface area contributed by atoms with Gasteiger partial charge in [0.2, 0.25) is 0 Å². The fourth-order valence-corrected chi connectivity index (χ4v) is 1.94. The van der Waals surface area contributed by atoms with Gasteiger partial charge in [-0.25, -0.2) is 0 Å².